The molecule has 5 rings (SSSR count). The largest absolute Gasteiger partial charge is 0.479 e. The molecule has 1 aliphatic heterocycles. The minimum absolute atomic E-state index is 0.180. The van der Waals surface area contributed by atoms with E-state index in [9.17, 15) is 30.3 Å². The Hall–Kier alpha value is -0.770. The van der Waals surface area contributed by atoms with Crippen LogP contribution in [0.2, 0.25) is 0 Å². The van der Waals surface area contributed by atoms with E-state index in [1.54, 1.807) is 0 Å². The van der Waals surface area contributed by atoms with Crippen LogP contribution in [0, 0.1) is 40.4 Å². The maximum atomic E-state index is 11.4. The summed E-state index contributed by atoms with van der Waals surface area (Å²) >= 11 is 0. The fourth-order valence-corrected chi connectivity index (χ4v) is 9.53. The van der Waals surface area contributed by atoms with Crippen LogP contribution in [-0.4, -0.2) is 74.4 Å². The van der Waals surface area contributed by atoms with Gasteiger partial charge >= 0.3 is 5.97 Å². The van der Waals surface area contributed by atoms with Crippen molar-refractivity contribution in [1.82, 2.24) is 0 Å². The molecular weight excluding hydrogens is 452 g/mol. The van der Waals surface area contributed by atoms with Gasteiger partial charge in [0.2, 0.25) is 0 Å². The van der Waals surface area contributed by atoms with E-state index in [1.807, 2.05) is 6.92 Å². The van der Waals surface area contributed by atoms with Gasteiger partial charge in [0.05, 0.1) is 12.2 Å². The zero-order valence-electron chi connectivity index (χ0n) is 21.3. The van der Waals surface area contributed by atoms with Gasteiger partial charge in [0, 0.05) is 0 Å². The monoisotopic (exact) mass is 496 g/mol. The van der Waals surface area contributed by atoms with Crippen LogP contribution in [0.1, 0.15) is 78.6 Å². The molecule has 8 nitrogen and oxygen atoms in total. The van der Waals surface area contributed by atoms with Gasteiger partial charge in [-0.05, 0) is 105 Å². The second-order valence-electron chi connectivity index (χ2n) is 12.9. The van der Waals surface area contributed by atoms with Crippen LogP contribution in [0.4, 0.5) is 0 Å². The first-order valence-electron chi connectivity index (χ1n) is 13.7. The van der Waals surface area contributed by atoms with E-state index in [0.29, 0.717) is 29.6 Å². The molecular formula is C27H44O8. The van der Waals surface area contributed by atoms with Crippen LogP contribution in [-0.2, 0) is 14.3 Å². The molecule has 5 fully saturated rings. The summed E-state index contributed by atoms with van der Waals surface area (Å²) in [6, 6.07) is 0. The lowest BCUT2D eigenvalue weighted by atomic mass is 9.44. The Balaban J connectivity index is 1.26. The van der Waals surface area contributed by atoms with Gasteiger partial charge in [0.25, 0.3) is 0 Å². The molecule has 8 heteroatoms. The molecule has 35 heavy (non-hydrogen) atoms. The maximum Gasteiger partial charge on any atom is 0.335 e. The second-order valence-corrected chi connectivity index (χ2v) is 12.9. The van der Waals surface area contributed by atoms with Gasteiger partial charge in [-0.25, -0.2) is 4.79 Å². The Morgan fingerprint density at radius 1 is 0.914 bits per heavy atom. The number of carboxylic acid groups (broad SMARTS) is 1. The maximum absolute atomic E-state index is 11.4. The highest BCUT2D eigenvalue weighted by Crippen LogP contribution is 2.67. The first-order valence-corrected chi connectivity index (χ1v) is 13.7. The minimum Gasteiger partial charge on any atom is -0.479 e. The number of hydrogen-bond donors (Lipinski definition) is 5. The molecule has 0 radical (unpaired) electrons. The van der Waals surface area contributed by atoms with Gasteiger partial charge in [-0.3, -0.25) is 0 Å². The summed E-state index contributed by atoms with van der Waals surface area (Å²) in [5.41, 5.74) is 0.484. The number of aliphatic carboxylic acids is 1. The van der Waals surface area contributed by atoms with Gasteiger partial charge in [0.15, 0.2) is 12.4 Å². The molecule has 1 saturated heterocycles. The third-order valence-corrected chi connectivity index (χ3v) is 11.4. The lowest BCUT2D eigenvalue weighted by Gasteiger charge is -2.61. The normalized spacial score (nSPS) is 54.9. The molecule has 200 valence electrons. The van der Waals surface area contributed by atoms with Crippen LogP contribution in [0.15, 0.2) is 0 Å². The first kappa shape index (κ1) is 25.9. The third kappa shape index (κ3) is 4.07. The van der Waals surface area contributed by atoms with Crippen molar-refractivity contribution in [3.8, 4) is 0 Å². The van der Waals surface area contributed by atoms with Crippen LogP contribution < -0.4 is 0 Å². The van der Waals surface area contributed by atoms with Gasteiger partial charge in [-0.1, -0.05) is 13.8 Å². The lowest BCUT2D eigenvalue weighted by Crippen LogP contribution is -2.61. The van der Waals surface area contributed by atoms with Crippen molar-refractivity contribution >= 4 is 5.97 Å². The number of fused-ring (bicyclic) bond motifs is 5. The molecule has 5 N–H and O–H groups in total. The van der Waals surface area contributed by atoms with E-state index in [2.05, 4.69) is 13.8 Å². The number of ether oxygens (including phenoxy) is 2. The average Bonchev–Trinajstić information content (AvgIpc) is 3.17. The summed E-state index contributed by atoms with van der Waals surface area (Å²) in [6.07, 6.45) is 1.63. The molecule has 1 heterocycles. The predicted molar refractivity (Wildman–Crippen MR) is 126 cm³/mol. The summed E-state index contributed by atoms with van der Waals surface area (Å²) in [5, 5.41) is 50.2. The van der Waals surface area contributed by atoms with Crippen molar-refractivity contribution in [1.29, 1.82) is 0 Å². The molecule has 0 spiro atoms. The molecule has 0 aromatic carbocycles. The van der Waals surface area contributed by atoms with Crippen molar-refractivity contribution in [2.45, 2.75) is 121 Å². The van der Waals surface area contributed by atoms with Crippen molar-refractivity contribution in [2.75, 3.05) is 0 Å². The fraction of sp³-hybridized carbons (Fsp3) is 0.963. The van der Waals surface area contributed by atoms with Gasteiger partial charge in [-0.2, -0.15) is 0 Å². The molecule has 0 bridgehead atoms. The summed E-state index contributed by atoms with van der Waals surface area (Å²) in [4.78, 5) is 11.4. The van der Waals surface area contributed by atoms with Crippen LogP contribution in [0.25, 0.3) is 0 Å². The van der Waals surface area contributed by atoms with E-state index in [0.717, 1.165) is 32.1 Å². The molecule has 4 saturated carbocycles. The van der Waals surface area contributed by atoms with E-state index < -0.39 is 36.7 Å². The highest BCUT2D eigenvalue weighted by Gasteiger charge is 2.61. The molecule has 14 atom stereocenters. The zero-order valence-corrected chi connectivity index (χ0v) is 21.3. The highest BCUT2D eigenvalue weighted by molar-refractivity contribution is 5.73. The van der Waals surface area contributed by atoms with E-state index >= 15 is 0 Å². The first-order chi connectivity index (χ1) is 16.5. The Kier molecular flexibility index (Phi) is 6.80. The van der Waals surface area contributed by atoms with Crippen molar-refractivity contribution in [3.63, 3.8) is 0 Å². The van der Waals surface area contributed by atoms with Crippen molar-refractivity contribution in [2.24, 2.45) is 40.4 Å². The van der Waals surface area contributed by atoms with Crippen molar-refractivity contribution in [3.05, 3.63) is 0 Å². The van der Waals surface area contributed by atoms with E-state index in [-0.39, 0.29) is 23.0 Å². The van der Waals surface area contributed by atoms with Crippen LogP contribution >= 0.6 is 0 Å². The van der Waals surface area contributed by atoms with E-state index in [4.69, 9.17) is 9.47 Å². The molecule has 0 aromatic rings. The number of rotatable bonds is 4. The lowest BCUT2D eigenvalue weighted by molar-refractivity contribution is -0.309. The van der Waals surface area contributed by atoms with Crippen LogP contribution in [0.5, 0.6) is 0 Å². The zero-order chi connectivity index (χ0) is 25.3. The Bertz CT molecular complexity index is 804. The summed E-state index contributed by atoms with van der Waals surface area (Å²) in [6.45, 7) is 6.86. The average molecular weight is 497 g/mol. The van der Waals surface area contributed by atoms with Crippen molar-refractivity contribution < 1.29 is 39.8 Å². The molecule has 0 aromatic heterocycles. The highest BCUT2D eigenvalue weighted by atomic mass is 16.7. The summed E-state index contributed by atoms with van der Waals surface area (Å²) in [5.74, 6) is 1.60. The van der Waals surface area contributed by atoms with Gasteiger partial charge in [-0.15, -0.1) is 0 Å². The predicted octanol–water partition coefficient (Wildman–Crippen LogP) is 2.30. The number of aliphatic hydroxyl groups excluding tert-OH is 4. The number of hydrogen-bond acceptors (Lipinski definition) is 7. The molecule has 5 aliphatic rings. The van der Waals surface area contributed by atoms with E-state index in [1.165, 1.54) is 25.7 Å². The Morgan fingerprint density at radius 2 is 1.60 bits per heavy atom. The SMILES string of the molecule is C[C@H](O)[C@@H]1CC[C@@H]2[C@@H]3CC[C@@H]4C[C@H](O[C@@H]5O[C@H](C(=O)O)[C@@H](O)[C@H](O)[C@H]5O)CC[C@]4(C)[C@@H]3CC[C@@]21C. The third-order valence-electron chi connectivity index (χ3n) is 11.4. The van der Waals surface area contributed by atoms with Crippen LogP contribution in [0.3, 0.4) is 0 Å². The van der Waals surface area contributed by atoms with Gasteiger partial charge in [0.1, 0.15) is 18.3 Å². The number of aliphatic hydroxyl groups is 4. The standard InChI is InChI=1S/C27H44O8/c1-13(28)17-6-7-18-16-5-4-14-12-15(8-10-26(14,2)19(16)9-11-27(17,18)3)34-25-22(31)20(29)21(30)23(35-25)24(32)33/h13-23,25,28-31H,4-12H2,1-3H3,(H,32,33)/t13-,14+,15+,16-,17-,18+,19+,20-,21-,22+,23-,25+,26-,27+/m0/s1. The quantitative estimate of drug-likeness (QED) is 0.374. The second kappa shape index (κ2) is 9.21. The number of carboxylic acids is 1. The minimum atomic E-state index is -1.70. The number of carbonyl (C=O) groups is 1. The smallest absolute Gasteiger partial charge is 0.335 e. The molecule has 0 amide bonds. The molecule has 4 aliphatic carbocycles. The Labute approximate surface area is 208 Å². The Morgan fingerprint density at radius 3 is 2.29 bits per heavy atom. The topological polar surface area (TPSA) is 137 Å². The summed E-state index contributed by atoms with van der Waals surface area (Å²) < 4.78 is 11.4. The fourth-order valence-electron chi connectivity index (χ4n) is 9.53. The summed E-state index contributed by atoms with van der Waals surface area (Å²) in [7, 11) is 0. The molecule has 0 unspecified atom stereocenters. The van der Waals surface area contributed by atoms with Gasteiger partial charge < -0.3 is 35.0 Å².